The molecule has 0 saturated carbocycles. The Morgan fingerprint density at radius 2 is 0.336 bits per heavy atom. The lowest BCUT2D eigenvalue weighted by Crippen LogP contribution is -1.89. The molecule has 0 unspecified atom stereocenters. The van der Waals surface area contributed by atoms with Crippen molar-refractivity contribution >= 4 is 0 Å². The highest BCUT2D eigenvalue weighted by Gasteiger charge is 2.26. The van der Waals surface area contributed by atoms with Gasteiger partial charge in [-0.1, -0.05) is 529 Å². The molecule has 0 N–H and O–H groups in total. The fourth-order valence-corrected chi connectivity index (χ4v) is 19.2. The van der Waals surface area contributed by atoms with Crippen LogP contribution in [-0.4, -0.2) is 9.97 Å². The summed E-state index contributed by atoms with van der Waals surface area (Å²) >= 11 is 0. The first-order valence-electron chi connectivity index (χ1n) is 49.8. The number of aromatic nitrogens is 2. The summed E-state index contributed by atoms with van der Waals surface area (Å²) in [5.41, 5.74) is 52.3. The van der Waals surface area contributed by atoms with E-state index in [1.807, 2.05) is 130 Å². The number of nitrogens with zero attached hydrogens (tertiary/aromatic N) is 2. The van der Waals surface area contributed by atoms with Crippen molar-refractivity contribution < 1.29 is 0 Å². The van der Waals surface area contributed by atoms with Crippen LogP contribution in [0.5, 0.6) is 0 Å². The van der Waals surface area contributed by atoms with Crippen LogP contribution < -0.4 is 0 Å². The molecule has 684 valence electrons. The number of aryl methyl sites for hydroxylation is 2. The Balaban J connectivity index is 0.000000121. The van der Waals surface area contributed by atoms with Crippen LogP contribution in [0.3, 0.4) is 0 Å². The minimum atomic E-state index is 1.01. The molecule has 4 aliphatic carbocycles. The Morgan fingerprint density at radius 1 is 0.129 bits per heavy atom. The van der Waals surface area contributed by atoms with Crippen LogP contribution >= 0.6 is 0 Å². The second-order valence-electron chi connectivity index (χ2n) is 34.1. The molecule has 2 aromatic heterocycles. The predicted octanol–water partition coefficient (Wildman–Crippen LogP) is 38.3. The molecule has 4 aliphatic rings. The third-order valence-electron chi connectivity index (χ3n) is 25.7. The van der Waals surface area contributed by atoms with Gasteiger partial charge in [-0.15, -0.1) is 0 Å². The summed E-state index contributed by atoms with van der Waals surface area (Å²) in [6.07, 6.45) is 4.12. The third kappa shape index (κ3) is 22.9. The van der Waals surface area contributed by atoms with Crippen LogP contribution in [0, 0.1) is 13.8 Å². The highest BCUT2D eigenvalue weighted by atomic mass is 14.7. The third-order valence-corrected chi connectivity index (χ3v) is 25.7. The summed E-state index contributed by atoms with van der Waals surface area (Å²) in [6, 6.07) is 181. The van der Waals surface area contributed by atoms with Crippen molar-refractivity contribution in [2.75, 3.05) is 0 Å². The molecular weight excluding hydrogens is 1690 g/mol. The zero-order valence-corrected chi connectivity index (χ0v) is 82.2. The van der Waals surface area contributed by atoms with Crippen molar-refractivity contribution in [3.8, 4) is 167 Å². The minimum Gasteiger partial charge on any atom is -0.253 e. The highest BCUT2D eigenvalue weighted by molar-refractivity contribution is 5.91. The maximum absolute atomic E-state index is 4.63. The average molecular weight is 1810 g/mol. The molecule has 19 aromatic carbocycles. The minimum absolute atomic E-state index is 1.01. The van der Waals surface area contributed by atoms with Crippen LogP contribution in [-0.2, 0) is 25.7 Å². The molecule has 0 saturated heterocycles. The molecule has 0 fully saturated rings. The van der Waals surface area contributed by atoms with Gasteiger partial charge in [0, 0.05) is 22.5 Å². The van der Waals surface area contributed by atoms with Gasteiger partial charge in [0.1, 0.15) is 0 Å². The molecule has 0 amide bonds. The SMILES string of the molecule is CC.CC.CC.CC.Cc1cc(-c2ccccc2)cc(-c2ccccc2)n1.Cc1cccc(-c2ccccc2)n1.c1ccc(-c2ccc(-c3cccc(-c4cccc5c4Cc4ccccc4-5)c3)cc2)cc1.c1ccc(-c2ccc(-c3cccc4c3Cc3ccccc3-4)cc2)cc1.c1ccc(-c2cccc(-c3cccc4c3Cc3ccccc3-4)c2)cc1.c1ccc(-c2cccc3c2Cc2ccccc2-3)cc1. The van der Waals surface area contributed by atoms with Crippen LogP contribution in [0.4, 0.5) is 0 Å². The fourth-order valence-electron chi connectivity index (χ4n) is 19.2. The van der Waals surface area contributed by atoms with E-state index in [1.165, 1.54) is 195 Å². The number of pyridine rings is 2. The van der Waals surface area contributed by atoms with Crippen LogP contribution in [0.2, 0.25) is 0 Å². The van der Waals surface area contributed by atoms with E-state index in [9.17, 15) is 0 Å². The summed E-state index contributed by atoms with van der Waals surface area (Å²) in [7, 11) is 0. The molecule has 2 heteroatoms. The molecule has 0 radical (unpaired) electrons. The topological polar surface area (TPSA) is 25.8 Å². The quantitative estimate of drug-likeness (QED) is 0.129. The molecule has 0 spiro atoms. The van der Waals surface area contributed by atoms with Gasteiger partial charge in [-0.25, -0.2) is 0 Å². The first kappa shape index (κ1) is 96.6. The summed E-state index contributed by atoms with van der Waals surface area (Å²) in [5, 5.41) is 0. The van der Waals surface area contributed by atoms with Gasteiger partial charge in [0.05, 0.1) is 11.4 Å². The maximum atomic E-state index is 4.63. The van der Waals surface area contributed by atoms with Crippen molar-refractivity contribution in [1.82, 2.24) is 9.97 Å². The molecule has 2 nitrogen and oxygen atoms in total. The van der Waals surface area contributed by atoms with Crippen molar-refractivity contribution in [3.05, 3.63) is 565 Å². The van der Waals surface area contributed by atoms with Crippen molar-refractivity contribution in [2.45, 2.75) is 94.9 Å². The van der Waals surface area contributed by atoms with Gasteiger partial charge < -0.3 is 0 Å². The van der Waals surface area contributed by atoms with Gasteiger partial charge in [0.25, 0.3) is 0 Å². The molecule has 2 heterocycles. The molecule has 140 heavy (non-hydrogen) atoms. The van der Waals surface area contributed by atoms with Crippen LogP contribution in [0.15, 0.2) is 510 Å². The van der Waals surface area contributed by atoms with Gasteiger partial charge in [-0.3, -0.25) is 9.97 Å². The number of fused-ring (bicyclic) bond motifs is 12. The van der Waals surface area contributed by atoms with Gasteiger partial charge in [0.2, 0.25) is 0 Å². The Hall–Kier alpha value is -16.5. The van der Waals surface area contributed by atoms with E-state index >= 15 is 0 Å². The van der Waals surface area contributed by atoms with Gasteiger partial charge in [-0.05, 0) is 265 Å². The van der Waals surface area contributed by atoms with Crippen molar-refractivity contribution in [1.29, 1.82) is 0 Å². The van der Waals surface area contributed by atoms with E-state index in [2.05, 4.69) is 459 Å². The monoisotopic (exact) mass is 1810 g/mol. The first-order valence-corrected chi connectivity index (χ1v) is 49.8. The molecule has 21 aromatic rings. The van der Waals surface area contributed by atoms with E-state index in [0.29, 0.717) is 0 Å². The average Bonchev–Trinajstić information content (AvgIpc) is 1.63. The number of hydrogen-bond donors (Lipinski definition) is 0. The molecule has 0 bridgehead atoms. The second kappa shape index (κ2) is 48.3. The normalized spacial score (nSPS) is 11.0. The molecule has 0 atom stereocenters. The highest BCUT2D eigenvalue weighted by Crippen LogP contribution is 2.47. The number of rotatable bonds is 11. The molecular formula is C138H122N2. The standard InChI is InChI=1S/C31H22.2C25H18.C19H14.C18H15N.C12H11N.4C2H6/c1-2-8-22(9-3-1)23-16-18-24(19-17-23)25-11-6-12-26(20-25)29-14-7-15-30-28-13-5-4-10-27(28)21-31(29)30;1-2-8-18(9-3-1)19-11-6-12-20(16-19)23-14-7-15-24-22-13-5-4-10-21(22)17-25(23)24;1-2-7-18(8-3-1)19-13-15-20(16-14-19)22-11-6-12-24-23-10-5-4-9-21(23)17-25(22)24;1-2-7-14(8-3-1)16-11-6-12-18-17-10-5-4-9-15(17)13-19(16)18;1-14-12-17(15-8-4-2-5-9-15)13-18(19-14)16-10-6-3-7-11-16;1-10-6-5-9-12(13-10)11-7-3-2-4-8-11;4*1-2/h1-20H,21H2;2*1-16H,17H2;1-12H,13H2;2-13H,1H3;2-9H,1H3;4*1-2H3. The second-order valence-corrected chi connectivity index (χ2v) is 34.1. The van der Waals surface area contributed by atoms with E-state index < -0.39 is 0 Å². The van der Waals surface area contributed by atoms with Gasteiger partial charge >= 0.3 is 0 Å². The summed E-state index contributed by atoms with van der Waals surface area (Å²) in [6.45, 7) is 20.0. The Morgan fingerprint density at radius 3 is 0.671 bits per heavy atom. The summed E-state index contributed by atoms with van der Waals surface area (Å²) < 4.78 is 0. The lowest BCUT2D eigenvalue weighted by Gasteiger charge is -2.11. The lowest BCUT2D eigenvalue weighted by molar-refractivity contribution is 1.20. The largest absolute Gasteiger partial charge is 0.253 e. The zero-order chi connectivity index (χ0) is 96.7. The van der Waals surface area contributed by atoms with E-state index in [1.54, 1.807) is 0 Å². The van der Waals surface area contributed by atoms with Crippen LogP contribution in [0.1, 0.15) is 111 Å². The van der Waals surface area contributed by atoms with Crippen molar-refractivity contribution in [2.24, 2.45) is 0 Å². The Bertz CT molecular complexity index is 7520. The van der Waals surface area contributed by atoms with E-state index in [4.69, 9.17) is 0 Å². The molecule has 0 aliphatic heterocycles. The Kier molecular flexibility index (Phi) is 33.3. The van der Waals surface area contributed by atoms with E-state index in [-0.39, 0.29) is 0 Å². The van der Waals surface area contributed by atoms with Crippen LogP contribution in [0.25, 0.3) is 167 Å². The van der Waals surface area contributed by atoms with Gasteiger partial charge in [0.15, 0.2) is 0 Å². The predicted molar refractivity (Wildman–Crippen MR) is 602 cm³/mol. The summed E-state index contributed by atoms with van der Waals surface area (Å²) in [5.74, 6) is 0. The van der Waals surface area contributed by atoms with Gasteiger partial charge in [-0.2, -0.15) is 0 Å². The molecule has 25 rings (SSSR count). The Labute approximate surface area is 831 Å². The lowest BCUT2D eigenvalue weighted by atomic mass is 9.93. The number of benzene rings is 19. The fraction of sp³-hybridized carbons (Fsp3) is 0.101. The smallest absolute Gasteiger partial charge is 0.0711 e. The first-order chi connectivity index (χ1) is 69.3. The zero-order valence-electron chi connectivity index (χ0n) is 82.2. The van der Waals surface area contributed by atoms with E-state index in [0.717, 1.165) is 54.0 Å². The number of hydrogen-bond acceptors (Lipinski definition) is 2. The summed E-state index contributed by atoms with van der Waals surface area (Å²) in [4.78, 5) is 9.07. The van der Waals surface area contributed by atoms with Crippen molar-refractivity contribution in [3.63, 3.8) is 0 Å². The maximum Gasteiger partial charge on any atom is 0.0711 e.